The van der Waals surface area contributed by atoms with Crippen molar-refractivity contribution in [2.24, 2.45) is 4.99 Å². The third-order valence-electron chi connectivity index (χ3n) is 5.19. The van der Waals surface area contributed by atoms with Crippen molar-refractivity contribution in [3.63, 3.8) is 0 Å². The van der Waals surface area contributed by atoms with Crippen molar-refractivity contribution in [3.8, 4) is 0 Å². The van der Waals surface area contributed by atoms with Crippen LogP contribution in [-0.4, -0.2) is 44.1 Å². The fraction of sp³-hybridized carbons (Fsp3) is 0.435. The molecule has 1 heterocycles. The van der Waals surface area contributed by atoms with E-state index in [0.29, 0.717) is 18.2 Å². The molecule has 5 nitrogen and oxygen atoms in total. The molecule has 1 unspecified atom stereocenters. The van der Waals surface area contributed by atoms with Gasteiger partial charge in [0.2, 0.25) is 0 Å². The highest BCUT2D eigenvalue weighted by Crippen LogP contribution is 2.14. The molecule has 1 atom stereocenters. The SMILES string of the molecule is CN=C(NCc1ccc(F)c(COC)c1)NC1CCCN(Cc2ccccc2)C1. The number of aliphatic imine (C=N–C) groups is 1. The topological polar surface area (TPSA) is 48.9 Å². The summed E-state index contributed by atoms with van der Waals surface area (Å²) in [6.45, 7) is 3.94. The number of hydrogen-bond donors (Lipinski definition) is 2. The maximum atomic E-state index is 13.8. The standard InChI is InChI=1S/C23H31FN4O/c1-25-23(26-14-19-10-11-22(24)20(13-19)17-29-2)27-21-9-6-12-28(16-21)15-18-7-4-3-5-8-18/h3-5,7-8,10-11,13,21H,6,9,12,14-17H2,1-2H3,(H2,25,26,27). The number of hydrogen-bond acceptors (Lipinski definition) is 3. The molecular formula is C23H31FN4O. The lowest BCUT2D eigenvalue weighted by Crippen LogP contribution is -2.50. The second kappa shape index (κ2) is 10.9. The largest absolute Gasteiger partial charge is 0.380 e. The third-order valence-corrected chi connectivity index (χ3v) is 5.19. The fourth-order valence-electron chi connectivity index (χ4n) is 3.74. The Morgan fingerprint density at radius 2 is 2.03 bits per heavy atom. The molecule has 0 radical (unpaired) electrons. The average molecular weight is 399 g/mol. The second-order valence-corrected chi connectivity index (χ2v) is 7.49. The Balaban J connectivity index is 1.51. The van der Waals surface area contributed by atoms with Crippen molar-refractivity contribution in [1.29, 1.82) is 0 Å². The smallest absolute Gasteiger partial charge is 0.191 e. The molecule has 0 spiro atoms. The second-order valence-electron chi connectivity index (χ2n) is 7.49. The van der Waals surface area contributed by atoms with Crippen LogP contribution in [0.1, 0.15) is 29.5 Å². The molecule has 29 heavy (non-hydrogen) atoms. The van der Waals surface area contributed by atoms with Crippen LogP contribution in [0.25, 0.3) is 0 Å². The zero-order valence-corrected chi connectivity index (χ0v) is 17.3. The predicted octanol–water partition coefficient (Wildman–Crippen LogP) is 3.30. The van der Waals surface area contributed by atoms with E-state index in [0.717, 1.165) is 37.6 Å². The van der Waals surface area contributed by atoms with E-state index in [1.54, 1.807) is 20.2 Å². The Kier molecular flexibility index (Phi) is 8.02. The molecule has 0 bridgehead atoms. The molecule has 6 heteroatoms. The number of rotatable bonds is 7. The number of nitrogens with one attached hydrogen (secondary N) is 2. The first-order chi connectivity index (χ1) is 14.2. The van der Waals surface area contributed by atoms with Gasteiger partial charge in [0, 0.05) is 45.4 Å². The molecule has 2 aromatic rings. The van der Waals surface area contributed by atoms with Crippen molar-refractivity contribution in [1.82, 2.24) is 15.5 Å². The molecule has 1 saturated heterocycles. The summed E-state index contributed by atoms with van der Waals surface area (Å²) in [7, 11) is 3.35. The molecule has 156 valence electrons. The van der Waals surface area contributed by atoms with Crippen molar-refractivity contribution < 1.29 is 9.13 Å². The van der Waals surface area contributed by atoms with E-state index >= 15 is 0 Å². The first-order valence-electron chi connectivity index (χ1n) is 10.2. The van der Waals surface area contributed by atoms with Gasteiger partial charge in [0.25, 0.3) is 0 Å². The van der Waals surface area contributed by atoms with E-state index in [1.165, 1.54) is 18.1 Å². The molecule has 1 aliphatic heterocycles. The molecular weight excluding hydrogens is 367 g/mol. The summed E-state index contributed by atoms with van der Waals surface area (Å²) in [6, 6.07) is 16.1. The number of ether oxygens (including phenoxy) is 1. The lowest BCUT2D eigenvalue weighted by atomic mass is 10.0. The zero-order valence-electron chi connectivity index (χ0n) is 17.3. The molecule has 1 aliphatic rings. The van der Waals surface area contributed by atoms with Gasteiger partial charge in [-0.25, -0.2) is 4.39 Å². The molecule has 2 aromatic carbocycles. The number of guanidine groups is 1. The average Bonchev–Trinajstić information content (AvgIpc) is 2.74. The van der Waals surface area contributed by atoms with Crippen LogP contribution in [0.4, 0.5) is 4.39 Å². The monoisotopic (exact) mass is 398 g/mol. The van der Waals surface area contributed by atoms with Crippen LogP contribution in [0.3, 0.4) is 0 Å². The normalized spacial score (nSPS) is 17.9. The van der Waals surface area contributed by atoms with Crippen LogP contribution in [0.2, 0.25) is 0 Å². The lowest BCUT2D eigenvalue weighted by molar-refractivity contribution is 0.181. The molecule has 0 aromatic heterocycles. The van der Waals surface area contributed by atoms with E-state index in [1.807, 2.05) is 6.07 Å². The first-order valence-corrected chi connectivity index (χ1v) is 10.2. The van der Waals surface area contributed by atoms with Gasteiger partial charge in [-0.3, -0.25) is 9.89 Å². The number of nitrogens with zero attached hydrogens (tertiary/aromatic N) is 2. The Hall–Kier alpha value is -2.44. The van der Waals surface area contributed by atoms with E-state index in [-0.39, 0.29) is 12.4 Å². The van der Waals surface area contributed by atoms with Gasteiger partial charge in [0.1, 0.15) is 5.82 Å². The van der Waals surface area contributed by atoms with Gasteiger partial charge in [0.05, 0.1) is 6.61 Å². The number of piperidine rings is 1. The summed E-state index contributed by atoms with van der Waals surface area (Å²) in [5.74, 6) is 0.535. The fourth-order valence-corrected chi connectivity index (χ4v) is 3.74. The highest BCUT2D eigenvalue weighted by molar-refractivity contribution is 5.80. The van der Waals surface area contributed by atoms with Crippen LogP contribution in [-0.2, 0) is 24.4 Å². The van der Waals surface area contributed by atoms with E-state index < -0.39 is 0 Å². The number of methoxy groups -OCH3 is 1. The molecule has 0 aliphatic carbocycles. The highest BCUT2D eigenvalue weighted by atomic mass is 19.1. The van der Waals surface area contributed by atoms with Crippen molar-refractivity contribution >= 4 is 5.96 Å². The summed E-state index contributed by atoms with van der Waals surface area (Å²) < 4.78 is 18.8. The maximum Gasteiger partial charge on any atom is 0.191 e. The quantitative estimate of drug-likeness (QED) is 0.555. The molecule has 1 fully saturated rings. The number of benzene rings is 2. The van der Waals surface area contributed by atoms with Crippen molar-refractivity contribution in [2.45, 2.75) is 38.6 Å². The number of halogens is 1. The maximum absolute atomic E-state index is 13.8. The molecule has 3 rings (SSSR count). The summed E-state index contributed by atoms with van der Waals surface area (Å²) in [4.78, 5) is 6.85. The van der Waals surface area contributed by atoms with Crippen LogP contribution in [0.5, 0.6) is 0 Å². The van der Waals surface area contributed by atoms with Gasteiger partial charge in [-0.15, -0.1) is 0 Å². The summed E-state index contributed by atoms with van der Waals surface area (Å²) in [6.07, 6.45) is 2.29. The Morgan fingerprint density at radius 3 is 2.79 bits per heavy atom. The van der Waals surface area contributed by atoms with Gasteiger partial charge in [-0.2, -0.15) is 0 Å². The van der Waals surface area contributed by atoms with Crippen molar-refractivity contribution in [2.75, 3.05) is 27.2 Å². The van der Waals surface area contributed by atoms with Crippen molar-refractivity contribution in [3.05, 3.63) is 71.0 Å². The predicted molar refractivity (Wildman–Crippen MR) is 115 cm³/mol. The minimum Gasteiger partial charge on any atom is -0.380 e. The Bertz CT molecular complexity index is 797. The Morgan fingerprint density at radius 1 is 1.21 bits per heavy atom. The molecule has 2 N–H and O–H groups in total. The number of likely N-dealkylation sites (tertiary alicyclic amines) is 1. The summed E-state index contributed by atoms with van der Waals surface area (Å²) in [5.41, 5.74) is 2.91. The summed E-state index contributed by atoms with van der Waals surface area (Å²) >= 11 is 0. The molecule has 0 saturated carbocycles. The van der Waals surface area contributed by atoms with Gasteiger partial charge >= 0.3 is 0 Å². The Labute approximate surface area is 173 Å². The van der Waals surface area contributed by atoms with E-state index in [2.05, 4.69) is 50.9 Å². The first kappa shape index (κ1) is 21.3. The van der Waals surface area contributed by atoms with Crippen LogP contribution < -0.4 is 10.6 Å². The van der Waals surface area contributed by atoms with Gasteiger partial charge in [0.15, 0.2) is 5.96 Å². The molecule has 0 amide bonds. The van der Waals surface area contributed by atoms with E-state index in [9.17, 15) is 4.39 Å². The van der Waals surface area contributed by atoms with Crippen LogP contribution >= 0.6 is 0 Å². The van der Waals surface area contributed by atoms with Gasteiger partial charge in [-0.05, 0) is 42.6 Å². The lowest BCUT2D eigenvalue weighted by Gasteiger charge is -2.34. The van der Waals surface area contributed by atoms with Gasteiger partial charge in [-0.1, -0.05) is 36.4 Å². The van der Waals surface area contributed by atoms with Crippen LogP contribution in [0, 0.1) is 5.82 Å². The highest BCUT2D eigenvalue weighted by Gasteiger charge is 2.20. The zero-order chi connectivity index (χ0) is 20.5. The van der Waals surface area contributed by atoms with Gasteiger partial charge < -0.3 is 15.4 Å². The summed E-state index contributed by atoms with van der Waals surface area (Å²) in [5, 5.41) is 6.88. The minimum absolute atomic E-state index is 0.237. The minimum atomic E-state index is -0.237. The van der Waals surface area contributed by atoms with Crippen LogP contribution in [0.15, 0.2) is 53.5 Å². The third kappa shape index (κ3) is 6.54. The van der Waals surface area contributed by atoms with E-state index in [4.69, 9.17) is 4.74 Å².